The van der Waals surface area contributed by atoms with Gasteiger partial charge in [-0.25, -0.2) is 0 Å². The molecule has 2 amide bonds. The van der Waals surface area contributed by atoms with Crippen molar-refractivity contribution in [3.63, 3.8) is 0 Å². The lowest BCUT2D eigenvalue weighted by atomic mass is 10.1. The number of nitrogens with one attached hydrogen (secondary N) is 2. The summed E-state index contributed by atoms with van der Waals surface area (Å²) in [6.07, 6.45) is 16.0. The number of halogens is 1. The lowest BCUT2D eigenvalue weighted by molar-refractivity contribution is -0.889. The molecule has 0 heterocycles. The van der Waals surface area contributed by atoms with Crippen LogP contribution in [0.2, 0.25) is 0 Å². The maximum atomic E-state index is 12.0. The normalized spacial score (nSPS) is 11.1. The quantitative estimate of drug-likeness (QED) is 0.201. The van der Waals surface area contributed by atoms with Gasteiger partial charge >= 0.3 is 0 Å². The first-order valence-corrected chi connectivity index (χ1v) is 12.3. The molecule has 0 saturated heterocycles. The molecule has 0 saturated carbocycles. The lowest BCUT2D eigenvalue weighted by Gasteiger charge is -2.29. The summed E-state index contributed by atoms with van der Waals surface area (Å²) in [5.41, 5.74) is 0. The summed E-state index contributed by atoms with van der Waals surface area (Å²) in [6.45, 7) is 7.57. The van der Waals surface area contributed by atoms with Crippen molar-refractivity contribution in [1.29, 1.82) is 0 Å². The zero-order chi connectivity index (χ0) is 21.8. The molecule has 0 aromatic heterocycles. The van der Waals surface area contributed by atoms with Gasteiger partial charge in [-0.05, 0) is 12.8 Å². The number of nitrogens with zero attached hydrogens (tertiary/aromatic N) is 1. The molecule has 5 nitrogen and oxygen atoms in total. The Morgan fingerprint density at radius 3 is 1.30 bits per heavy atom. The van der Waals surface area contributed by atoms with Gasteiger partial charge in [0.1, 0.15) is 0 Å². The third-order valence-corrected chi connectivity index (χ3v) is 5.59. The van der Waals surface area contributed by atoms with E-state index >= 15 is 0 Å². The van der Waals surface area contributed by atoms with Gasteiger partial charge in [0, 0.05) is 13.1 Å². The summed E-state index contributed by atoms with van der Waals surface area (Å²) >= 11 is 0. The molecule has 6 heteroatoms. The molecule has 0 rings (SSSR count). The first-order valence-electron chi connectivity index (χ1n) is 12.3. The van der Waals surface area contributed by atoms with Crippen LogP contribution < -0.4 is 27.6 Å². The van der Waals surface area contributed by atoms with Gasteiger partial charge in [0.15, 0.2) is 0 Å². The predicted octanol–water partition coefficient (Wildman–Crippen LogP) is 1.80. The van der Waals surface area contributed by atoms with Gasteiger partial charge in [0.05, 0.1) is 40.0 Å². The van der Waals surface area contributed by atoms with Gasteiger partial charge in [-0.2, -0.15) is 0 Å². The summed E-state index contributed by atoms with van der Waals surface area (Å²) in [7, 11) is 4.20. The van der Waals surface area contributed by atoms with Crippen LogP contribution in [0.1, 0.15) is 104 Å². The summed E-state index contributed by atoms with van der Waals surface area (Å²) in [6, 6.07) is 0. The van der Waals surface area contributed by atoms with Gasteiger partial charge in [0.25, 0.3) is 0 Å². The van der Waals surface area contributed by atoms with Crippen LogP contribution >= 0.6 is 0 Å². The fraction of sp³-hybridized carbons (Fsp3) is 0.917. The van der Waals surface area contributed by atoms with Crippen molar-refractivity contribution in [2.45, 2.75) is 104 Å². The van der Waals surface area contributed by atoms with Crippen molar-refractivity contribution in [2.75, 3.05) is 40.3 Å². The van der Waals surface area contributed by atoms with E-state index in [1.54, 1.807) is 0 Å². The summed E-state index contributed by atoms with van der Waals surface area (Å²) in [4.78, 5) is 24.1. The molecule has 0 atom stereocenters. The molecule has 0 spiro atoms. The largest absolute Gasteiger partial charge is 1.00 e. The average Bonchev–Trinajstić information content (AvgIpc) is 2.69. The standard InChI is InChI=1S/C24H49N3O2.BrH/c1-5-7-9-11-13-15-19-25-23(28)17-21-27(3,4)22-18-24(29)26-20-16-14-12-10-8-6-2;/h5-22H2,1-4H3,(H-,25,26,28,29);1H. The lowest BCUT2D eigenvalue weighted by Crippen LogP contribution is -3.00. The fourth-order valence-corrected chi connectivity index (χ4v) is 3.36. The first kappa shape index (κ1) is 31.6. The van der Waals surface area contributed by atoms with Crippen molar-refractivity contribution in [2.24, 2.45) is 0 Å². The molecule has 0 fully saturated rings. The van der Waals surface area contributed by atoms with Crippen molar-refractivity contribution in [3.05, 3.63) is 0 Å². The van der Waals surface area contributed by atoms with E-state index < -0.39 is 0 Å². The molecule has 0 aliphatic carbocycles. The minimum atomic E-state index is 0. The minimum Gasteiger partial charge on any atom is -1.00 e. The van der Waals surface area contributed by atoms with E-state index in [4.69, 9.17) is 0 Å². The second-order valence-electron chi connectivity index (χ2n) is 9.12. The molecular formula is C24H50BrN3O2. The first-order chi connectivity index (χ1) is 13.9. The predicted molar refractivity (Wildman–Crippen MR) is 124 cm³/mol. The number of carbonyl (C=O) groups is 2. The number of amides is 2. The molecule has 0 aromatic rings. The van der Waals surface area contributed by atoms with Crippen LogP contribution in [0.5, 0.6) is 0 Å². The van der Waals surface area contributed by atoms with Crippen molar-refractivity contribution in [1.82, 2.24) is 10.6 Å². The Morgan fingerprint density at radius 1 is 0.600 bits per heavy atom. The van der Waals surface area contributed by atoms with Gasteiger partial charge in [-0.3, -0.25) is 9.59 Å². The van der Waals surface area contributed by atoms with Crippen molar-refractivity contribution >= 4 is 11.8 Å². The Bertz CT molecular complexity index is 381. The molecule has 0 aromatic carbocycles. The van der Waals surface area contributed by atoms with E-state index in [1.807, 2.05) is 0 Å². The Kier molecular flexibility index (Phi) is 22.7. The summed E-state index contributed by atoms with van der Waals surface area (Å²) in [5.74, 6) is 0.273. The second-order valence-corrected chi connectivity index (χ2v) is 9.12. The van der Waals surface area contributed by atoms with Crippen LogP contribution in [-0.2, 0) is 9.59 Å². The number of rotatable bonds is 20. The van der Waals surface area contributed by atoms with Crippen LogP contribution in [0.4, 0.5) is 0 Å². The maximum Gasteiger partial charge on any atom is 0.225 e. The van der Waals surface area contributed by atoms with E-state index in [9.17, 15) is 9.59 Å². The second kappa shape index (κ2) is 21.6. The number of unbranched alkanes of at least 4 members (excludes halogenated alkanes) is 10. The fourth-order valence-electron chi connectivity index (χ4n) is 3.36. The van der Waals surface area contributed by atoms with Crippen LogP contribution in [0.3, 0.4) is 0 Å². The molecule has 2 N–H and O–H groups in total. The van der Waals surface area contributed by atoms with E-state index in [1.165, 1.54) is 64.2 Å². The van der Waals surface area contributed by atoms with Gasteiger partial charge in [0.2, 0.25) is 11.8 Å². The molecule has 0 radical (unpaired) electrons. The summed E-state index contributed by atoms with van der Waals surface area (Å²) < 4.78 is 0.703. The molecule has 30 heavy (non-hydrogen) atoms. The Hall–Kier alpha value is -0.620. The van der Waals surface area contributed by atoms with Crippen LogP contribution in [0.15, 0.2) is 0 Å². The zero-order valence-electron chi connectivity index (χ0n) is 20.4. The van der Waals surface area contributed by atoms with Crippen molar-refractivity contribution in [3.8, 4) is 0 Å². The maximum absolute atomic E-state index is 12.0. The van der Waals surface area contributed by atoms with E-state index in [0.717, 1.165) is 39.0 Å². The average molecular weight is 493 g/mol. The highest BCUT2D eigenvalue weighted by molar-refractivity contribution is 5.76. The Labute approximate surface area is 197 Å². The van der Waals surface area contributed by atoms with E-state index in [2.05, 4.69) is 38.6 Å². The molecule has 180 valence electrons. The number of hydrogen-bond acceptors (Lipinski definition) is 2. The summed E-state index contributed by atoms with van der Waals surface area (Å²) in [5, 5.41) is 6.07. The van der Waals surface area contributed by atoms with Gasteiger partial charge in [-0.15, -0.1) is 0 Å². The molecular weight excluding hydrogens is 442 g/mol. The SMILES string of the molecule is CCCCCCCCNC(=O)CC[N+](C)(C)CCC(=O)NCCCCCCCC.[Br-]. The molecule has 0 bridgehead atoms. The number of quaternary nitrogens is 1. The molecule has 0 aliphatic heterocycles. The van der Waals surface area contributed by atoms with Gasteiger partial charge < -0.3 is 32.1 Å². The topological polar surface area (TPSA) is 58.2 Å². The highest BCUT2D eigenvalue weighted by Crippen LogP contribution is 2.06. The number of hydrogen-bond donors (Lipinski definition) is 2. The zero-order valence-corrected chi connectivity index (χ0v) is 22.0. The smallest absolute Gasteiger partial charge is 0.225 e. The molecule has 0 aliphatic rings. The highest BCUT2D eigenvalue weighted by Gasteiger charge is 2.18. The number of carbonyl (C=O) groups excluding carboxylic acids is 2. The highest BCUT2D eigenvalue weighted by atomic mass is 79.9. The Balaban J connectivity index is 0. The third kappa shape index (κ3) is 22.1. The molecule has 0 unspecified atom stereocenters. The Morgan fingerprint density at radius 2 is 0.933 bits per heavy atom. The third-order valence-electron chi connectivity index (χ3n) is 5.59. The van der Waals surface area contributed by atoms with Crippen LogP contribution in [-0.4, -0.2) is 56.6 Å². The van der Waals surface area contributed by atoms with Crippen molar-refractivity contribution < 1.29 is 31.1 Å². The van der Waals surface area contributed by atoms with Crippen LogP contribution in [0, 0.1) is 0 Å². The minimum absolute atomic E-state index is 0. The van der Waals surface area contributed by atoms with E-state index in [0.29, 0.717) is 17.3 Å². The van der Waals surface area contributed by atoms with E-state index in [-0.39, 0.29) is 28.8 Å². The van der Waals surface area contributed by atoms with Gasteiger partial charge in [-0.1, -0.05) is 78.1 Å². The monoisotopic (exact) mass is 491 g/mol. The van der Waals surface area contributed by atoms with Crippen LogP contribution in [0.25, 0.3) is 0 Å².